The first-order valence-corrected chi connectivity index (χ1v) is 20.6. The summed E-state index contributed by atoms with van der Waals surface area (Å²) in [6, 6.07) is 13.4. The average molecular weight is 677 g/mol. The number of hydrogen-bond donors (Lipinski definition) is 0. The zero-order valence-corrected chi connectivity index (χ0v) is 29.6. The molecule has 1 aromatic heterocycles. The lowest BCUT2D eigenvalue weighted by Gasteiger charge is -2.10. The summed E-state index contributed by atoms with van der Waals surface area (Å²) in [4.78, 5) is 0.0162. The summed E-state index contributed by atoms with van der Waals surface area (Å²) in [6.45, 7) is 4.44. The van der Waals surface area contributed by atoms with Crippen molar-refractivity contribution in [3.63, 3.8) is 0 Å². The highest BCUT2D eigenvalue weighted by Crippen LogP contribution is 2.36. The van der Waals surface area contributed by atoms with Gasteiger partial charge in [0.15, 0.2) is 11.5 Å². The molecule has 0 fully saturated rings. The highest BCUT2D eigenvalue weighted by molar-refractivity contribution is 7.87. The van der Waals surface area contributed by atoms with E-state index in [1.165, 1.54) is 118 Å². The van der Waals surface area contributed by atoms with Gasteiger partial charge in [-0.3, -0.25) is 0 Å². The van der Waals surface area contributed by atoms with E-state index >= 15 is 0 Å². The van der Waals surface area contributed by atoms with Crippen LogP contribution in [0.2, 0.25) is 0 Å². The van der Waals surface area contributed by atoms with Crippen LogP contribution >= 0.6 is 11.3 Å². The van der Waals surface area contributed by atoms with E-state index in [2.05, 4.69) is 13.8 Å². The highest BCUT2D eigenvalue weighted by atomic mass is 32.2. The quantitative estimate of drug-likeness (QED) is 0.0693. The second-order valence-corrected chi connectivity index (χ2v) is 15.7. The standard InChI is InChI=1S/C36H52O6S3/c1-3-5-7-9-11-12-13-14-16-18-20-32-23-27-34(28-24-32)45(39,40)42-36-30-43-29-35(36)41-44(37,38)33-25-21-31(22-26-33)19-17-15-10-8-6-4-2/h21-30H,3-20H2,1-2H3. The Balaban J connectivity index is 1.47. The van der Waals surface area contributed by atoms with Gasteiger partial charge in [-0.25, -0.2) is 0 Å². The Labute approximate surface area is 276 Å². The average Bonchev–Trinajstić information content (AvgIpc) is 3.45. The van der Waals surface area contributed by atoms with Gasteiger partial charge in [0.1, 0.15) is 9.79 Å². The van der Waals surface area contributed by atoms with Gasteiger partial charge in [-0.15, -0.1) is 11.3 Å². The van der Waals surface area contributed by atoms with Gasteiger partial charge in [0, 0.05) is 10.8 Å². The molecule has 45 heavy (non-hydrogen) atoms. The molecule has 0 aliphatic carbocycles. The molecule has 0 saturated heterocycles. The molecule has 0 N–H and O–H groups in total. The molecular formula is C36H52O6S3. The predicted octanol–water partition coefficient (Wildman–Crippen LogP) is 10.6. The van der Waals surface area contributed by atoms with E-state index in [9.17, 15) is 16.8 Å². The minimum Gasteiger partial charge on any atom is -0.374 e. The summed E-state index contributed by atoms with van der Waals surface area (Å²) in [5.74, 6) is -0.310. The van der Waals surface area contributed by atoms with E-state index in [1.54, 1.807) is 12.1 Å². The summed E-state index contributed by atoms with van der Waals surface area (Å²) < 4.78 is 62.7. The van der Waals surface area contributed by atoms with Crippen LogP contribution in [-0.4, -0.2) is 16.8 Å². The lowest BCUT2D eigenvalue weighted by Crippen LogP contribution is -2.13. The van der Waals surface area contributed by atoms with Crippen LogP contribution < -0.4 is 8.37 Å². The third-order valence-electron chi connectivity index (χ3n) is 8.05. The molecule has 0 unspecified atom stereocenters. The van der Waals surface area contributed by atoms with Crippen LogP contribution in [0.3, 0.4) is 0 Å². The Kier molecular flexibility index (Phi) is 16.5. The van der Waals surface area contributed by atoms with Crippen molar-refractivity contribution in [2.24, 2.45) is 0 Å². The van der Waals surface area contributed by atoms with Crippen LogP contribution in [0.15, 0.2) is 69.1 Å². The molecule has 0 amide bonds. The number of rotatable bonds is 24. The molecule has 0 bridgehead atoms. The summed E-state index contributed by atoms with van der Waals surface area (Å²) in [5, 5.41) is 2.84. The van der Waals surface area contributed by atoms with Gasteiger partial charge in [0.05, 0.1) is 0 Å². The smallest absolute Gasteiger partial charge is 0.339 e. The van der Waals surface area contributed by atoms with E-state index < -0.39 is 20.2 Å². The minimum atomic E-state index is -4.18. The number of benzene rings is 2. The zero-order chi connectivity index (χ0) is 32.4. The fourth-order valence-electron chi connectivity index (χ4n) is 5.30. The Bertz CT molecular complexity index is 1440. The molecule has 0 saturated carbocycles. The first-order chi connectivity index (χ1) is 21.7. The van der Waals surface area contributed by atoms with Gasteiger partial charge in [-0.05, 0) is 61.1 Å². The number of aryl methyl sites for hydroxylation is 2. The van der Waals surface area contributed by atoms with Crippen molar-refractivity contribution in [2.45, 2.75) is 139 Å². The summed E-state index contributed by atoms with van der Waals surface area (Å²) in [6.07, 6.45) is 21.7. The lowest BCUT2D eigenvalue weighted by atomic mass is 10.0. The van der Waals surface area contributed by atoms with E-state index in [0.29, 0.717) is 0 Å². The van der Waals surface area contributed by atoms with E-state index in [1.807, 2.05) is 12.1 Å². The van der Waals surface area contributed by atoms with Crippen LogP contribution in [0.1, 0.15) is 128 Å². The maximum atomic E-state index is 13.0. The van der Waals surface area contributed by atoms with Crippen molar-refractivity contribution in [1.82, 2.24) is 0 Å². The maximum Gasteiger partial charge on any atom is 0.339 e. The van der Waals surface area contributed by atoms with Crippen molar-refractivity contribution in [1.29, 1.82) is 0 Å². The molecule has 0 aliphatic heterocycles. The van der Waals surface area contributed by atoms with Gasteiger partial charge in [0.2, 0.25) is 0 Å². The number of hydrogen-bond acceptors (Lipinski definition) is 7. The largest absolute Gasteiger partial charge is 0.374 e. The molecule has 9 heteroatoms. The Morgan fingerprint density at radius 1 is 0.467 bits per heavy atom. The van der Waals surface area contributed by atoms with E-state index in [0.717, 1.165) is 54.6 Å². The Hall–Kier alpha value is -2.36. The van der Waals surface area contributed by atoms with Crippen molar-refractivity contribution in [2.75, 3.05) is 0 Å². The van der Waals surface area contributed by atoms with Crippen LogP contribution in [0, 0.1) is 0 Å². The normalized spacial score (nSPS) is 12.0. The Morgan fingerprint density at radius 2 is 0.778 bits per heavy atom. The van der Waals surface area contributed by atoms with Crippen molar-refractivity contribution >= 4 is 31.6 Å². The van der Waals surface area contributed by atoms with E-state index in [-0.39, 0.29) is 21.3 Å². The maximum absolute atomic E-state index is 13.0. The molecule has 3 rings (SSSR count). The molecule has 0 radical (unpaired) electrons. The molecule has 0 atom stereocenters. The number of unbranched alkanes of at least 4 members (excludes halogenated alkanes) is 14. The molecule has 250 valence electrons. The third-order valence-corrected chi connectivity index (χ3v) is 11.3. The van der Waals surface area contributed by atoms with Crippen LogP contribution in [-0.2, 0) is 33.1 Å². The van der Waals surface area contributed by atoms with Crippen molar-refractivity contribution in [3.8, 4) is 11.5 Å². The fourth-order valence-corrected chi connectivity index (χ4v) is 7.93. The third kappa shape index (κ3) is 13.5. The second-order valence-electron chi connectivity index (χ2n) is 11.9. The number of thiophene rings is 1. The Morgan fingerprint density at radius 3 is 1.11 bits per heavy atom. The monoisotopic (exact) mass is 676 g/mol. The fraction of sp³-hybridized carbons (Fsp3) is 0.556. The zero-order valence-electron chi connectivity index (χ0n) is 27.2. The summed E-state index contributed by atoms with van der Waals surface area (Å²) in [7, 11) is -8.35. The van der Waals surface area contributed by atoms with Gasteiger partial charge in [-0.2, -0.15) is 16.8 Å². The molecule has 0 spiro atoms. The molecule has 1 heterocycles. The topological polar surface area (TPSA) is 86.7 Å². The van der Waals surface area contributed by atoms with Crippen LogP contribution in [0.5, 0.6) is 11.5 Å². The second kappa shape index (κ2) is 20.0. The molecule has 3 aromatic rings. The van der Waals surface area contributed by atoms with Gasteiger partial charge in [-0.1, -0.05) is 128 Å². The molecular weight excluding hydrogens is 625 g/mol. The lowest BCUT2D eigenvalue weighted by molar-refractivity contribution is 0.451. The van der Waals surface area contributed by atoms with E-state index in [4.69, 9.17) is 8.37 Å². The molecule has 6 nitrogen and oxygen atoms in total. The highest BCUT2D eigenvalue weighted by Gasteiger charge is 2.24. The predicted molar refractivity (Wildman–Crippen MR) is 185 cm³/mol. The minimum absolute atomic E-state index is 0.00667. The summed E-state index contributed by atoms with van der Waals surface area (Å²) >= 11 is 1.10. The van der Waals surface area contributed by atoms with Gasteiger partial charge in [0.25, 0.3) is 0 Å². The van der Waals surface area contributed by atoms with Crippen molar-refractivity contribution in [3.05, 3.63) is 70.4 Å². The van der Waals surface area contributed by atoms with Crippen molar-refractivity contribution < 1.29 is 25.2 Å². The van der Waals surface area contributed by atoms with Crippen LogP contribution in [0.25, 0.3) is 0 Å². The van der Waals surface area contributed by atoms with Gasteiger partial charge >= 0.3 is 20.2 Å². The first-order valence-electron chi connectivity index (χ1n) is 16.9. The molecule has 2 aromatic carbocycles. The first kappa shape index (κ1) is 37.1. The van der Waals surface area contributed by atoms with Gasteiger partial charge < -0.3 is 8.37 Å². The molecule has 0 aliphatic rings. The van der Waals surface area contributed by atoms with Crippen LogP contribution in [0.4, 0.5) is 0 Å². The SMILES string of the molecule is CCCCCCCCCCCCc1ccc(S(=O)(=O)Oc2cscc2OS(=O)(=O)c2ccc(CCCCCCCC)cc2)cc1. The summed E-state index contributed by atoms with van der Waals surface area (Å²) in [5.41, 5.74) is 2.15.